The Bertz CT molecular complexity index is 663. The Morgan fingerprint density at radius 2 is 1.80 bits per heavy atom. The molecule has 0 aromatic heterocycles. The molecule has 1 saturated carbocycles. The summed E-state index contributed by atoms with van der Waals surface area (Å²) in [5.41, 5.74) is 0.732. The number of ketones is 2. The number of Topliss-reactive ketones (excluding diaryl/α,β-unsaturated/α-hetero) is 2. The van der Waals surface area contributed by atoms with Crippen LogP contribution in [-0.4, -0.2) is 49.6 Å². The highest BCUT2D eigenvalue weighted by Crippen LogP contribution is 2.24. The lowest BCUT2D eigenvalue weighted by molar-refractivity contribution is -0.131. The second-order valence-electron chi connectivity index (χ2n) is 6.26. The minimum absolute atomic E-state index is 0.0341. The average molecular weight is 364 g/mol. The van der Waals surface area contributed by atoms with Gasteiger partial charge in [0.1, 0.15) is 0 Å². The van der Waals surface area contributed by atoms with E-state index in [1.165, 1.54) is 6.20 Å². The Morgan fingerprint density at radius 3 is 2.36 bits per heavy atom. The van der Waals surface area contributed by atoms with E-state index in [1.807, 2.05) is 19.0 Å². The summed E-state index contributed by atoms with van der Waals surface area (Å²) in [5.74, 6) is -1.58. The third-order valence-electron chi connectivity index (χ3n) is 3.90. The first-order chi connectivity index (χ1) is 11.9. The zero-order valence-electron chi connectivity index (χ0n) is 14.3. The molecule has 0 atom stereocenters. The molecule has 1 fully saturated rings. The van der Waals surface area contributed by atoms with Crippen molar-refractivity contribution in [3.05, 3.63) is 41.1 Å². The van der Waals surface area contributed by atoms with Crippen LogP contribution < -0.4 is 10.6 Å². The van der Waals surface area contributed by atoms with Crippen LogP contribution >= 0.6 is 11.6 Å². The van der Waals surface area contributed by atoms with E-state index in [1.54, 1.807) is 24.3 Å². The Balaban J connectivity index is 1.93. The Labute approximate surface area is 152 Å². The standard InChI is InChI=1S/C18H22ClN3O3/c1-22(2)8-7-20-11-15-16(23)9-12(10-17(15)24)18(25)21-14-5-3-13(19)4-6-14/h3-6,11-12,20H,7-10H2,1-2H3,(H,21,25). The lowest BCUT2D eigenvalue weighted by atomic mass is 9.83. The molecule has 6 nitrogen and oxygen atoms in total. The quantitative estimate of drug-likeness (QED) is 0.458. The number of amides is 1. The smallest absolute Gasteiger partial charge is 0.228 e. The molecule has 0 saturated heterocycles. The molecule has 0 radical (unpaired) electrons. The van der Waals surface area contributed by atoms with Crippen LogP contribution in [0.1, 0.15) is 12.8 Å². The van der Waals surface area contributed by atoms with Crippen molar-refractivity contribution in [2.75, 3.05) is 32.5 Å². The lowest BCUT2D eigenvalue weighted by Crippen LogP contribution is -2.34. The van der Waals surface area contributed by atoms with Gasteiger partial charge < -0.3 is 15.5 Å². The summed E-state index contributed by atoms with van der Waals surface area (Å²) in [4.78, 5) is 38.7. The van der Waals surface area contributed by atoms with Crippen LogP contribution in [0.25, 0.3) is 0 Å². The van der Waals surface area contributed by atoms with Gasteiger partial charge in [0.15, 0.2) is 11.6 Å². The van der Waals surface area contributed by atoms with Crippen LogP contribution in [0.2, 0.25) is 5.02 Å². The molecule has 134 valence electrons. The van der Waals surface area contributed by atoms with E-state index in [9.17, 15) is 14.4 Å². The van der Waals surface area contributed by atoms with Crippen LogP contribution in [0.3, 0.4) is 0 Å². The molecule has 1 aromatic rings. The predicted octanol–water partition coefficient (Wildman–Crippen LogP) is 1.86. The maximum Gasteiger partial charge on any atom is 0.228 e. The van der Waals surface area contributed by atoms with Crippen LogP contribution in [0.4, 0.5) is 5.69 Å². The van der Waals surface area contributed by atoms with Gasteiger partial charge in [-0.3, -0.25) is 14.4 Å². The highest BCUT2D eigenvalue weighted by Gasteiger charge is 2.34. The largest absolute Gasteiger partial charge is 0.389 e. The summed E-state index contributed by atoms with van der Waals surface area (Å²) in [6.45, 7) is 1.43. The average Bonchev–Trinajstić information content (AvgIpc) is 2.55. The highest BCUT2D eigenvalue weighted by atomic mass is 35.5. The van der Waals surface area contributed by atoms with E-state index in [0.717, 1.165) is 6.54 Å². The molecule has 0 heterocycles. The number of likely N-dealkylation sites (N-methyl/N-ethyl adjacent to an activating group) is 1. The molecular formula is C18H22ClN3O3. The maximum atomic E-state index is 12.3. The van der Waals surface area contributed by atoms with E-state index in [4.69, 9.17) is 11.6 Å². The van der Waals surface area contributed by atoms with Gasteiger partial charge in [0.25, 0.3) is 0 Å². The fourth-order valence-electron chi connectivity index (χ4n) is 2.48. The van der Waals surface area contributed by atoms with Gasteiger partial charge in [-0.15, -0.1) is 0 Å². The first kappa shape index (κ1) is 19.1. The van der Waals surface area contributed by atoms with Crippen LogP contribution in [0.15, 0.2) is 36.0 Å². The molecule has 1 aliphatic rings. The van der Waals surface area contributed by atoms with Gasteiger partial charge in [0.2, 0.25) is 5.91 Å². The second-order valence-corrected chi connectivity index (χ2v) is 6.70. The summed E-state index contributed by atoms with van der Waals surface area (Å²) >= 11 is 5.80. The van der Waals surface area contributed by atoms with Gasteiger partial charge >= 0.3 is 0 Å². The zero-order chi connectivity index (χ0) is 18.4. The number of halogens is 1. The Hall–Kier alpha value is -2.18. The second kappa shape index (κ2) is 8.78. The molecular weight excluding hydrogens is 342 g/mol. The molecule has 0 spiro atoms. The number of carbonyl (C=O) groups is 3. The van der Waals surface area contributed by atoms with Crippen molar-refractivity contribution in [3.8, 4) is 0 Å². The van der Waals surface area contributed by atoms with Gasteiger partial charge in [-0.1, -0.05) is 11.6 Å². The van der Waals surface area contributed by atoms with E-state index in [0.29, 0.717) is 17.3 Å². The van der Waals surface area contributed by atoms with Crippen LogP contribution in [-0.2, 0) is 14.4 Å². The predicted molar refractivity (Wildman–Crippen MR) is 97.5 cm³/mol. The first-order valence-electron chi connectivity index (χ1n) is 8.08. The molecule has 2 rings (SSSR count). The van der Waals surface area contributed by atoms with E-state index >= 15 is 0 Å². The van der Waals surface area contributed by atoms with Crippen molar-refractivity contribution in [2.24, 2.45) is 5.92 Å². The molecule has 1 aliphatic carbocycles. The third-order valence-corrected chi connectivity index (χ3v) is 4.15. The van der Waals surface area contributed by atoms with Crippen molar-refractivity contribution < 1.29 is 14.4 Å². The normalized spacial score (nSPS) is 17.6. The van der Waals surface area contributed by atoms with Crippen LogP contribution in [0, 0.1) is 5.92 Å². The number of allylic oxidation sites excluding steroid dienone is 1. The summed E-state index contributed by atoms with van der Waals surface area (Å²) < 4.78 is 0. The molecule has 1 aromatic carbocycles. The maximum absolute atomic E-state index is 12.3. The number of hydrogen-bond acceptors (Lipinski definition) is 5. The fourth-order valence-corrected chi connectivity index (χ4v) is 2.61. The number of anilines is 1. The van der Waals surface area contributed by atoms with Crippen LogP contribution in [0.5, 0.6) is 0 Å². The number of nitrogens with zero attached hydrogens (tertiary/aromatic N) is 1. The van der Waals surface area contributed by atoms with Crippen molar-refractivity contribution >= 4 is 34.8 Å². The van der Waals surface area contributed by atoms with Crippen molar-refractivity contribution in [2.45, 2.75) is 12.8 Å². The SMILES string of the molecule is CN(C)CCNC=C1C(=O)CC(C(=O)Nc2ccc(Cl)cc2)CC1=O. The minimum Gasteiger partial charge on any atom is -0.389 e. The zero-order valence-corrected chi connectivity index (χ0v) is 15.1. The molecule has 25 heavy (non-hydrogen) atoms. The van der Waals surface area contributed by atoms with Gasteiger partial charge in [-0.05, 0) is 38.4 Å². The lowest BCUT2D eigenvalue weighted by Gasteiger charge is -2.21. The molecule has 0 aliphatic heterocycles. The Morgan fingerprint density at radius 1 is 1.20 bits per heavy atom. The first-order valence-corrected chi connectivity index (χ1v) is 8.45. The van der Waals surface area contributed by atoms with E-state index in [-0.39, 0.29) is 35.9 Å². The summed E-state index contributed by atoms with van der Waals surface area (Å²) in [6.07, 6.45) is 1.54. The van der Waals surface area contributed by atoms with Crippen molar-refractivity contribution in [1.29, 1.82) is 0 Å². The topological polar surface area (TPSA) is 78.5 Å². The van der Waals surface area contributed by atoms with E-state index in [2.05, 4.69) is 10.6 Å². The molecule has 0 bridgehead atoms. The van der Waals surface area contributed by atoms with E-state index < -0.39 is 5.92 Å². The summed E-state index contributed by atoms with van der Waals surface area (Å²) in [6, 6.07) is 6.67. The number of carbonyl (C=O) groups excluding carboxylic acids is 3. The van der Waals surface area contributed by atoms with Gasteiger partial charge in [0, 0.05) is 42.8 Å². The summed E-state index contributed by atoms with van der Waals surface area (Å²) in [5, 5.41) is 6.26. The van der Waals surface area contributed by atoms with Crippen molar-refractivity contribution in [3.63, 3.8) is 0 Å². The monoisotopic (exact) mass is 363 g/mol. The molecule has 0 unspecified atom stereocenters. The van der Waals surface area contributed by atoms with Gasteiger partial charge in [-0.2, -0.15) is 0 Å². The number of rotatable bonds is 6. The number of hydrogen-bond donors (Lipinski definition) is 2. The fraction of sp³-hybridized carbons (Fsp3) is 0.389. The Kier molecular flexibility index (Phi) is 6.73. The van der Waals surface area contributed by atoms with Gasteiger partial charge in [-0.25, -0.2) is 0 Å². The molecule has 2 N–H and O–H groups in total. The number of benzene rings is 1. The summed E-state index contributed by atoms with van der Waals surface area (Å²) in [7, 11) is 3.88. The minimum atomic E-state index is -0.644. The highest BCUT2D eigenvalue weighted by molar-refractivity contribution is 6.30. The van der Waals surface area contributed by atoms with Crippen molar-refractivity contribution in [1.82, 2.24) is 10.2 Å². The number of nitrogens with one attached hydrogen (secondary N) is 2. The molecule has 1 amide bonds. The third kappa shape index (κ3) is 5.69. The van der Waals surface area contributed by atoms with Gasteiger partial charge in [0.05, 0.1) is 11.5 Å². The molecule has 7 heteroatoms.